The van der Waals surface area contributed by atoms with E-state index < -0.39 is 42.3 Å². The molecule has 28 heavy (non-hydrogen) atoms. The maximum atomic E-state index is 14.3. The van der Waals surface area contributed by atoms with Gasteiger partial charge in [0, 0.05) is 20.1 Å². The lowest BCUT2D eigenvalue weighted by atomic mass is 10.0. The summed E-state index contributed by atoms with van der Waals surface area (Å²) in [6.07, 6.45) is 3.65. The van der Waals surface area contributed by atoms with Crippen LogP contribution in [0.4, 0.5) is 26.3 Å². The fraction of sp³-hybridized carbons (Fsp3) is 0.529. The summed E-state index contributed by atoms with van der Waals surface area (Å²) in [6.45, 7) is 1.78. The molecule has 1 fully saturated rings. The monoisotopic (exact) mass is 448 g/mol. The number of benzene rings is 1. The molecule has 2 aliphatic rings. The minimum atomic E-state index is -6.47. The summed E-state index contributed by atoms with van der Waals surface area (Å²) < 4.78 is 109. The van der Waals surface area contributed by atoms with Crippen molar-refractivity contribution < 1.29 is 38.4 Å². The number of hydrogen-bond acceptors (Lipinski definition) is 3. The lowest BCUT2D eigenvalue weighted by Crippen LogP contribution is -2.33. The van der Waals surface area contributed by atoms with Crippen LogP contribution in [0.2, 0.25) is 0 Å². The normalized spacial score (nSPS) is 26.0. The molecule has 11 heteroatoms. The van der Waals surface area contributed by atoms with Crippen LogP contribution < -0.4 is 0 Å². The first-order valence-electron chi connectivity index (χ1n) is 8.60. The van der Waals surface area contributed by atoms with Crippen molar-refractivity contribution in [2.45, 2.75) is 54.9 Å². The second-order valence-corrected chi connectivity index (χ2v) is 11.1. The van der Waals surface area contributed by atoms with Crippen LogP contribution in [-0.4, -0.2) is 19.4 Å². The highest BCUT2D eigenvalue weighted by atomic mass is 32.3. The van der Waals surface area contributed by atoms with Crippen LogP contribution in [0.3, 0.4) is 0 Å². The standard InChI is InChI=1S/C17H18F6O3S2/c1-2-11-7-8-14-13(9-11)10-15(12-5-3-4-6-12)27(14,16(18,19)20)26-28(24,25)17(21,22)23/h7-10,12H,2-6H2,1H3. The predicted molar refractivity (Wildman–Crippen MR) is 93.7 cm³/mol. The van der Waals surface area contributed by atoms with E-state index in [9.17, 15) is 34.8 Å². The predicted octanol–water partition coefficient (Wildman–Crippen LogP) is 6.26. The van der Waals surface area contributed by atoms with Gasteiger partial charge in [-0.1, -0.05) is 31.9 Å². The molecular formula is C17H18F6O3S2. The minimum Gasteiger partial charge on any atom is -0.196 e. The van der Waals surface area contributed by atoms with Crippen molar-refractivity contribution in [3.63, 3.8) is 0 Å². The highest BCUT2D eigenvalue weighted by Crippen LogP contribution is 2.80. The van der Waals surface area contributed by atoms with Crippen LogP contribution >= 0.6 is 10.3 Å². The van der Waals surface area contributed by atoms with Crippen LogP contribution in [0.25, 0.3) is 6.08 Å². The molecule has 1 aliphatic heterocycles. The number of allylic oxidation sites excluding steroid dienone is 1. The van der Waals surface area contributed by atoms with Crippen LogP contribution in [0, 0.1) is 5.92 Å². The van der Waals surface area contributed by atoms with Crippen LogP contribution in [0.5, 0.6) is 0 Å². The summed E-state index contributed by atoms with van der Waals surface area (Å²) in [5.41, 5.74) is -10.5. The van der Waals surface area contributed by atoms with Crippen LogP contribution in [0.1, 0.15) is 43.7 Å². The average Bonchev–Trinajstić information content (AvgIpc) is 3.19. The van der Waals surface area contributed by atoms with Gasteiger partial charge >= 0.3 is 21.1 Å². The minimum absolute atomic E-state index is 0.0750. The van der Waals surface area contributed by atoms with E-state index in [1.54, 1.807) is 6.92 Å². The van der Waals surface area contributed by atoms with Crippen molar-refractivity contribution in [3.05, 3.63) is 34.2 Å². The molecule has 1 saturated carbocycles. The van der Waals surface area contributed by atoms with Gasteiger partial charge < -0.3 is 0 Å². The Labute approximate surface area is 160 Å². The van der Waals surface area contributed by atoms with Crippen molar-refractivity contribution in [3.8, 4) is 0 Å². The van der Waals surface area contributed by atoms with Crippen molar-refractivity contribution >= 4 is 26.5 Å². The SMILES string of the molecule is CCc1ccc2c(c1)C=C(C1CCCC1)S2(OS(=O)(=O)C(F)(F)F)C(F)(F)F. The van der Waals surface area contributed by atoms with E-state index in [1.807, 2.05) is 0 Å². The molecule has 1 aromatic rings. The summed E-state index contributed by atoms with van der Waals surface area (Å²) in [4.78, 5) is -0.916. The molecule has 1 unspecified atom stereocenters. The highest BCUT2D eigenvalue weighted by molar-refractivity contribution is 8.37. The van der Waals surface area contributed by atoms with E-state index >= 15 is 0 Å². The molecule has 0 radical (unpaired) electrons. The average molecular weight is 448 g/mol. The molecule has 0 saturated heterocycles. The van der Waals surface area contributed by atoms with Gasteiger partial charge in [-0.15, -0.1) is 0 Å². The van der Waals surface area contributed by atoms with Gasteiger partial charge in [0.15, 0.2) is 0 Å². The third-order valence-electron chi connectivity index (χ3n) is 4.98. The van der Waals surface area contributed by atoms with Gasteiger partial charge in [-0.25, -0.2) is 0 Å². The highest BCUT2D eigenvalue weighted by Gasteiger charge is 2.65. The quantitative estimate of drug-likeness (QED) is 0.404. The number of fused-ring (bicyclic) bond motifs is 1. The molecule has 0 bridgehead atoms. The summed E-state index contributed by atoms with van der Waals surface area (Å²) in [5, 5.41) is 0. The molecule has 0 spiro atoms. The number of hydrogen-bond donors (Lipinski definition) is 0. The first-order valence-corrected chi connectivity index (χ1v) is 11.6. The summed E-state index contributed by atoms with van der Waals surface area (Å²) in [5.74, 6) is -0.669. The fourth-order valence-electron chi connectivity index (χ4n) is 3.66. The molecule has 158 valence electrons. The Kier molecular flexibility index (Phi) is 5.33. The van der Waals surface area contributed by atoms with Gasteiger partial charge in [0.2, 0.25) is 0 Å². The fourth-order valence-corrected chi connectivity index (χ4v) is 8.44. The molecule has 1 aliphatic carbocycles. The second kappa shape index (κ2) is 6.94. The zero-order valence-electron chi connectivity index (χ0n) is 14.7. The summed E-state index contributed by atoms with van der Waals surface area (Å²) >= 11 is 0. The smallest absolute Gasteiger partial charge is 0.196 e. The van der Waals surface area contributed by atoms with Crippen LogP contribution in [-0.2, 0) is 20.2 Å². The Balaban J connectivity index is 2.27. The van der Waals surface area contributed by atoms with Gasteiger partial charge in [-0.05, 0) is 48.4 Å². The number of halogens is 6. The van der Waals surface area contributed by atoms with Crippen LogP contribution in [0.15, 0.2) is 28.0 Å². The molecule has 1 atom stereocenters. The topological polar surface area (TPSA) is 43.4 Å². The van der Waals surface area contributed by atoms with Gasteiger partial charge in [0.25, 0.3) is 0 Å². The van der Waals surface area contributed by atoms with Gasteiger partial charge in [0.1, 0.15) is 0 Å². The lowest BCUT2D eigenvalue weighted by molar-refractivity contribution is -0.0547. The lowest BCUT2D eigenvalue weighted by Gasteiger charge is -2.41. The van der Waals surface area contributed by atoms with Gasteiger partial charge in [0.05, 0.1) is 0 Å². The van der Waals surface area contributed by atoms with Gasteiger partial charge in [-0.2, -0.15) is 38.4 Å². The van der Waals surface area contributed by atoms with E-state index in [0.29, 0.717) is 37.7 Å². The molecule has 3 rings (SSSR count). The molecule has 1 heterocycles. The summed E-state index contributed by atoms with van der Waals surface area (Å²) in [6, 6.07) is 3.87. The van der Waals surface area contributed by atoms with E-state index in [2.05, 4.69) is 3.63 Å². The Hall–Kier alpha value is -1.20. The Morgan fingerprint density at radius 3 is 2.21 bits per heavy atom. The van der Waals surface area contributed by atoms with E-state index in [-0.39, 0.29) is 10.5 Å². The molecule has 1 aromatic carbocycles. The molecule has 0 amide bonds. The first kappa shape index (κ1) is 21.5. The van der Waals surface area contributed by atoms with E-state index in [4.69, 9.17) is 0 Å². The Morgan fingerprint density at radius 2 is 1.71 bits per heavy atom. The first-order chi connectivity index (χ1) is 12.8. The zero-order valence-corrected chi connectivity index (χ0v) is 16.4. The zero-order chi connectivity index (χ0) is 21.0. The maximum absolute atomic E-state index is 14.3. The third-order valence-corrected chi connectivity index (χ3v) is 9.84. The van der Waals surface area contributed by atoms with Crippen molar-refractivity contribution in [1.29, 1.82) is 0 Å². The van der Waals surface area contributed by atoms with Crippen molar-refractivity contribution in [2.24, 2.45) is 5.92 Å². The second-order valence-electron chi connectivity index (χ2n) is 6.72. The molecular weight excluding hydrogens is 430 g/mol. The summed E-state index contributed by atoms with van der Waals surface area (Å²) in [7, 11) is -11.3. The third kappa shape index (κ3) is 3.35. The number of rotatable bonds is 4. The van der Waals surface area contributed by atoms with E-state index in [0.717, 1.165) is 6.07 Å². The Morgan fingerprint density at radius 1 is 1.11 bits per heavy atom. The number of aryl methyl sites for hydroxylation is 1. The molecule has 3 nitrogen and oxygen atoms in total. The molecule has 0 N–H and O–H groups in total. The van der Waals surface area contributed by atoms with Gasteiger partial charge in [-0.3, -0.25) is 0 Å². The maximum Gasteiger partial charge on any atom is 0.523 e. The van der Waals surface area contributed by atoms with E-state index in [1.165, 1.54) is 18.2 Å². The Bertz CT molecular complexity index is 898. The number of alkyl halides is 6. The largest absolute Gasteiger partial charge is 0.523 e. The molecule has 0 aromatic heterocycles. The van der Waals surface area contributed by atoms with Crippen molar-refractivity contribution in [1.82, 2.24) is 0 Å². The van der Waals surface area contributed by atoms with Crippen molar-refractivity contribution in [2.75, 3.05) is 0 Å².